The topological polar surface area (TPSA) is 324 Å². The summed E-state index contributed by atoms with van der Waals surface area (Å²) >= 11 is 0. The first-order chi connectivity index (χ1) is 35.4. The fourth-order valence-corrected chi connectivity index (χ4v) is 9.85. The van der Waals surface area contributed by atoms with E-state index in [1.165, 1.54) is 110 Å². The number of methoxy groups -OCH3 is 1. The highest BCUT2D eigenvalue weighted by molar-refractivity contribution is 5.80. The minimum Gasteiger partial charge on any atom is -0.477 e. The first kappa shape index (κ1) is 68.0. The molecule has 0 aromatic rings. The van der Waals surface area contributed by atoms with Crippen molar-refractivity contribution in [1.29, 1.82) is 0 Å². The van der Waals surface area contributed by atoms with Crippen LogP contribution in [-0.2, 0) is 38.1 Å². The van der Waals surface area contributed by atoms with Gasteiger partial charge in [0.15, 0.2) is 6.29 Å². The monoisotopic (exact) mass is 1070 g/mol. The number of nitrogens with one attached hydrogen (secondary N) is 2. The highest BCUT2D eigenvalue weighted by Crippen LogP contribution is 2.35. The summed E-state index contributed by atoms with van der Waals surface area (Å²) in [5.41, 5.74) is 0. The molecule has 0 bridgehead atoms. The SMILES string of the molecule is CCCCCCCCCCCCCCCCC(O)C(=O)NC(COC1OC(COC2(C(=O)O)CC(O)C(NC(C)=O)C(C(O)C(O)COC)O2)C(O)C(O)C1O)C(O)C(O)CCCCCCCCCCCCCC. The molecule has 436 valence electrons. The normalized spacial score (nSPS) is 26.7. The van der Waals surface area contributed by atoms with Gasteiger partial charge in [0.25, 0.3) is 5.79 Å². The predicted octanol–water partition coefficient (Wildman–Crippen LogP) is 4.16. The molecule has 0 aliphatic carbocycles. The van der Waals surface area contributed by atoms with Crippen LogP contribution >= 0.6 is 0 Å². The van der Waals surface area contributed by atoms with E-state index in [4.69, 9.17) is 23.7 Å². The molecule has 0 aromatic carbocycles. The fourth-order valence-electron chi connectivity index (χ4n) is 9.85. The highest BCUT2D eigenvalue weighted by atomic mass is 16.7. The molecule has 20 heteroatoms. The van der Waals surface area contributed by atoms with E-state index in [0.29, 0.717) is 12.8 Å². The second kappa shape index (κ2) is 39.2. The van der Waals surface area contributed by atoms with E-state index in [1.807, 2.05) is 0 Å². The minimum atomic E-state index is -2.79. The van der Waals surface area contributed by atoms with Gasteiger partial charge < -0.3 is 85.4 Å². The molecule has 0 saturated carbocycles. The van der Waals surface area contributed by atoms with Gasteiger partial charge in [-0.05, 0) is 12.8 Å². The lowest BCUT2D eigenvalue weighted by molar-refractivity contribution is -0.339. The van der Waals surface area contributed by atoms with Crippen LogP contribution in [0.3, 0.4) is 0 Å². The minimum absolute atomic E-state index is 0.158. The van der Waals surface area contributed by atoms with E-state index in [-0.39, 0.29) is 12.8 Å². The van der Waals surface area contributed by atoms with Crippen LogP contribution in [0.1, 0.15) is 207 Å². The maximum absolute atomic E-state index is 13.4. The number of hydrogen-bond donors (Lipinski definition) is 12. The molecule has 0 aromatic heterocycles. The first-order valence-corrected chi connectivity index (χ1v) is 28.5. The Labute approximate surface area is 441 Å². The summed E-state index contributed by atoms with van der Waals surface area (Å²) in [6.45, 7) is 3.58. The van der Waals surface area contributed by atoms with Crippen molar-refractivity contribution in [2.75, 3.05) is 26.9 Å². The average Bonchev–Trinajstić information content (AvgIpc) is 3.37. The third-order valence-electron chi connectivity index (χ3n) is 14.5. The Morgan fingerprint density at radius 2 is 1.11 bits per heavy atom. The van der Waals surface area contributed by atoms with E-state index in [9.17, 15) is 65.4 Å². The Balaban J connectivity index is 2.10. The van der Waals surface area contributed by atoms with Gasteiger partial charge in [-0.1, -0.05) is 181 Å². The lowest BCUT2D eigenvalue weighted by Gasteiger charge is -2.47. The van der Waals surface area contributed by atoms with Crippen molar-refractivity contribution in [3.8, 4) is 0 Å². The molecule has 2 aliphatic heterocycles. The van der Waals surface area contributed by atoms with E-state index in [2.05, 4.69) is 24.5 Å². The Kier molecular flexibility index (Phi) is 36.0. The molecular weight excluding hydrogens is 965 g/mol. The number of carboxylic acid groups (broad SMARTS) is 1. The summed E-state index contributed by atoms with van der Waals surface area (Å²) in [6, 6.07) is -2.79. The highest BCUT2D eigenvalue weighted by Gasteiger charge is 2.57. The molecule has 0 spiro atoms. The Bertz CT molecular complexity index is 1470. The van der Waals surface area contributed by atoms with Gasteiger partial charge in [-0.3, -0.25) is 9.59 Å². The predicted molar refractivity (Wildman–Crippen MR) is 277 cm³/mol. The first-order valence-electron chi connectivity index (χ1n) is 28.5. The number of carbonyl (C=O) groups excluding carboxylic acids is 2. The zero-order valence-corrected chi connectivity index (χ0v) is 45.4. The zero-order valence-electron chi connectivity index (χ0n) is 45.4. The molecule has 74 heavy (non-hydrogen) atoms. The van der Waals surface area contributed by atoms with Gasteiger partial charge in [0, 0.05) is 20.5 Å². The number of rotatable bonds is 44. The summed E-state index contributed by atoms with van der Waals surface area (Å²) in [6.07, 6.45) is 8.03. The van der Waals surface area contributed by atoms with Gasteiger partial charge >= 0.3 is 5.97 Å². The van der Waals surface area contributed by atoms with Crippen molar-refractivity contribution in [2.24, 2.45) is 0 Å². The molecule has 0 radical (unpaired) electrons. The summed E-state index contributed by atoms with van der Waals surface area (Å²) in [5.74, 6) is -6.08. The van der Waals surface area contributed by atoms with E-state index in [1.54, 1.807) is 0 Å². The number of carbonyl (C=O) groups is 3. The smallest absolute Gasteiger partial charge is 0.364 e. The summed E-state index contributed by atoms with van der Waals surface area (Å²) in [5, 5.41) is 114. The number of carboxylic acids is 1. The maximum atomic E-state index is 13.4. The molecule has 2 amide bonds. The van der Waals surface area contributed by atoms with Crippen molar-refractivity contribution in [3.05, 3.63) is 0 Å². The number of amides is 2. The summed E-state index contributed by atoms with van der Waals surface area (Å²) in [4.78, 5) is 38.2. The second-order valence-electron chi connectivity index (χ2n) is 21.1. The van der Waals surface area contributed by atoms with Crippen LogP contribution in [-0.4, -0.2) is 187 Å². The van der Waals surface area contributed by atoms with Crippen LogP contribution in [0.4, 0.5) is 0 Å². The summed E-state index contributed by atoms with van der Waals surface area (Å²) in [7, 11) is 1.23. The molecule has 2 rings (SSSR count). The van der Waals surface area contributed by atoms with E-state index < -0.39 is 135 Å². The summed E-state index contributed by atoms with van der Waals surface area (Å²) < 4.78 is 27.9. The van der Waals surface area contributed by atoms with Crippen LogP contribution in [0.5, 0.6) is 0 Å². The number of aliphatic carboxylic acids is 1. The van der Waals surface area contributed by atoms with Gasteiger partial charge in [0.2, 0.25) is 11.8 Å². The van der Waals surface area contributed by atoms with Gasteiger partial charge in [-0.25, -0.2) is 4.79 Å². The lowest BCUT2D eigenvalue weighted by atomic mass is 9.88. The van der Waals surface area contributed by atoms with Crippen molar-refractivity contribution >= 4 is 17.8 Å². The molecular formula is C54H102N2O18. The average molecular weight is 1070 g/mol. The van der Waals surface area contributed by atoms with Crippen molar-refractivity contribution in [2.45, 2.75) is 298 Å². The van der Waals surface area contributed by atoms with Crippen LogP contribution in [0.25, 0.3) is 0 Å². The second-order valence-corrected chi connectivity index (χ2v) is 21.1. The quantitative estimate of drug-likeness (QED) is 0.0381. The third-order valence-corrected chi connectivity index (χ3v) is 14.5. The molecule has 2 aliphatic rings. The largest absolute Gasteiger partial charge is 0.477 e. The number of aliphatic hydroxyl groups excluding tert-OH is 9. The maximum Gasteiger partial charge on any atom is 0.364 e. The Morgan fingerprint density at radius 1 is 0.635 bits per heavy atom. The van der Waals surface area contributed by atoms with Gasteiger partial charge in [-0.2, -0.15) is 0 Å². The van der Waals surface area contributed by atoms with Gasteiger partial charge in [0.05, 0.1) is 44.1 Å². The van der Waals surface area contributed by atoms with Crippen molar-refractivity contribution < 1.29 is 89.1 Å². The molecule has 15 unspecified atom stereocenters. The van der Waals surface area contributed by atoms with Crippen LogP contribution < -0.4 is 10.6 Å². The van der Waals surface area contributed by atoms with Gasteiger partial charge in [0.1, 0.15) is 54.9 Å². The molecule has 2 saturated heterocycles. The lowest BCUT2D eigenvalue weighted by Crippen LogP contribution is -2.68. The van der Waals surface area contributed by atoms with Crippen LogP contribution in [0.15, 0.2) is 0 Å². The number of hydrogen-bond acceptors (Lipinski definition) is 17. The molecule has 20 nitrogen and oxygen atoms in total. The van der Waals surface area contributed by atoms with Crippen LogP contribution in [0.2, 0.25) is 0 Å². The van der Waals surface area contributed by atoms with Crippen molar-refractivity contribution in [3.63, 3.8) is 0 Å². The number of aliphatic hydroxyl groups is 9. The Hall–Kier alpha value is -2.15. The standard InChI is InChI=1S/C54H102N2O18/c1-5-7-9-11-13-15-17-19-20-22-24-26-28-30-32-40(59)51(67)56-38(45(62)39(58)31-29-27-25-23-21-18-16-14-12-10-8-6-2)34-71-52-49(66)48(65)47(64)43(73-52)36-72-54(53(68)69)33-41(60)44(55-37(3)57)50(74-54)46(63)42(61)35-70-4/h38-50,52,58-66H,5-36H2,1-4H3,(H,55,57)(H,56,67)(H,68,69). The van der Waals surface area contributed by atoms with E-state index >= 15 is 0 Å². The molecule has 12 N–H and O–H groups in total. The third kappa shape index (κ3) is 25.5. The van der Waals surface area contributed by atoms with E-state index in [0.717, 1.165) is 58.3 Å². The molecule has 2 fully saturated rings. The fraction of sp³-hybridized carbons (Fsp3) is 0.944. The van der Waals surface area contributed by atoms with Crippen molar-refractivity contribution in [1.82, 2.24) is 10.6 Å². The Morgan fingerprint density at radius 3 is 1.57 bits per heavy atom. The van der Waals surface area contributed by atoms with Crippen LogP contribution in [0, 0.1) is 0 Å². The van der Waals surface area contributed by atoms with Gasteiger partial charge in [-0.15, -0.1) is 0 Å². The number of ether oxygens (including phenoxy) is 5. The number of unbranched alkanes of at least 4 members (excludes halogenated alkanes) is 24. The zero-order chi connectivity index (χ0) is 54.9. The molecule has 2 heterocycles. The molecule has 15 atom stereocenters.